The van der Waals surface area contributed by atoms with E-state index in [0.717, 1.165) is 12.2 Å². The van der Waals surface area contributed by atoms with Crippen LogP contribution < -0.4 is 4.90 Å². The number of nitrogens with zero attached hydrogens (tertiary/aromatic N) is 2. The first kappa shape index (κ1) is 15.7. The molecule has 0 aliphatic carbocycles. The van der Waals surface area contributed by atoms with Crippen molar-refractivity contribution in [1.29, 1.82) is 0 Å². The highest BCUT2D eigenvalue weighted by molar-refractivity contribution is 5.94. The van der Waals surface area contributed by atoms with Crippen molar-refractivity contribution in [2.45, 2.75) is 26.3 Å². The largest absolute Gasteiger partial charge is 0.396 e. The maximum atomic E-state index is 12.2. The average molecular weight is 264 g/mol. The van der Waals surface area contributed by atoms with Crippen LogP contribution in [0, 0.1) is 0 Å². The monoisotopic (exact) mass is 264 g/mol. The molecule has 1 rings (SSSR count). The van der Waals surface area contributed by atoms with Gasteiger partial charge in [0, 0.05) is 31.9 Å². The second-order valence-electron chi connectivity index (χ2n) is 4.93. The molecule has 0 aliphatic rings. The van der Waals surface area contributed by atoms with Crippen LogP contribution in [0.2, 0.25) is 0 Å². The highest BCUT2D eigenvalue weighted by atomic mass is 16.3. The van der Waals surface area contributed by atoms with E-state index in [1.807, 2.05) is 30.3 Å². The molecule has 0 heterocycles. The number of carbonyl (C=O) groups excluding carboxylic acids is 1. The summed E-state index contributed by atoms with van der Waals surface area (Å²) in [6, 6.07) is 9.91. The van der Waals surface area contributed by atoms with Gasteiger partial charge in [-0.2, -0.15) is 0 Å². The molecule has 0 atom stereocenters. The van der Waals surface area contributed by atoms with Crippen LogP contribution in [0.25, 0.3) is 0 Å². The minimum Gasteiger partial charge on any atom is -0.396 e. The Labute approximate surface area is 115 Å². The maximum absolute atomic E-state index is 12.2. The van der Waals surface area contributed by atoms with Crippen LogP contribution in [0.15, 0.2) is 30.3 Å². The van der Waals surface area contributed by atoms with Crippen molar-refractivity contribution in [2.75, 3.05) is 31.6 Å². The lowest BCUT2D eigenvalue weighted by Gasteiger charge is -2.28. The molecule has 1 aromatic rings. The Hall–Kier alpha value is -1.39. The van der Waals surface area contributed by atoms with Crippen molar-refractivity contribution in [2.24, 2.45) is 0 Å². The number of benzene rings is 1. The average Bonchev–Trinajstić information content (AvgIpc) is 2.43. The van der Waals surface area contributed by atoms with Crippen molar-refractivity contribution in [3.05, 3.63) is 30.3 Å². The Morgan fingerprint density at radius 2 is 1.89 bits per heavy atom. The number of aliphatic hydroxyl groups is 1. The van der Waals surface area contributed by atoms with E-state index >= 15 is 0 Å². The normalized spacial score (nSPS) is 11.1. The van der Waals surface area contributed by atoms with Crippen LogP contribution in [-0.2, 0) is 4.79 Å². The second kappa shape index (κ2) is 7.92. The van der Waals surface area contributed by atoms with E-state index < -0.39 is 0 Å². The van der Waals surface area contributed by atoms with Crippen molar-refractivity contribution in [3.63, 3.8) is 0 Å². The number of likely N-dealkylation sites (N-methyl/N-ethyl adjacent to an activating group) is 1. The van der Waals surface area contributed by atoms with Gasteiger partial charge in [0.2, 0.25) is 5.91 Å². The number of hydrogen-bond donors (Lipinski definition) is 1. The van der Waals surface area contributed by atoms with Gasteiger partial charge in [-0.3, -0.25) is 9.69 Å². The number of hydrogen-bond acceptors (Lipinski definition) is 3. The molecule has 19 heavy (non-hydrogen) atoms. The number of carbonyl (C=O) groups is 1. The third kappa shape index (κ3) is 5.01. The van der Waals surface area contributed by atoms with Crippen LogP contribution in [0.1, 0.15) is 20.3 Å². The van der Waals surface area contributed by atoms with Gasteiger partial charge in [-0.25, -0.2) is 0 Å². The van der Waals surface area contributed by atoms with E-state index in [-0.39, 0.29) is 12.5 Å². The smallest absolute Gasteiger partial charge is 0.240 e. The molecule has 1 aromatic carbocycles. The van der Waals surface area contributed by atoms with Gasteiger partial charge in [0.25, 0.3) is 0 Å². The zero-order valence-electron chi connectivity index (χ0n) is 12.0. The summed E-state index contributed by atoms with van der Waals surface area (Å²) in [5, 5.41) is 8.90. The first-order chi connectivity index (χ1) is 9.06. The number of aliphatic hydroxyl groups excluding tert-OH is 1. The molecule has 4 heteroatoms. The molecule has 0 fully saturated rings. The van der Waals surface area contributed by atoms with Gasteiger partial charge >= 0.3 is 0 Å². The molecule has 1 amide bonds. The fourth-order valence-corrected chi connectivity index (χ4v) is 1.87. The maximum Gasteiger partial charge on any atom is 0.240 e. The number of anilines is 1. The van der Waals surface area contributed by atoms with Crippen LogP contribution in [0.4, 0.5) is 5.69 Å². The van der Waals surface area contributed by atoms with E-state index in [0.29, 0.717) is 19.0 Å². The molecular formula is C15H24N2O2. The van der Waals surface area contributed by atoms with E-state index in [1.54, 1.807) is 11.9 Å². The van der Waals surface area contributed by atoms with Gasteiger partial charge in [0.1, 0.15) is 0 Å². The van der Waals surface area contributed by atoms with E-state index in [2.05, 4.69) is 18.7 Å². The third-order valence-electron chi connectivity index (χ3n) is 3.19. The molecule has 4 nitrogen and oxygen atoms in total. The van der Waals surface area contributed by atoms with E-state index in [9.17, 15) is 4.79 Å². The Morgan fingerprint density at radius 1 is 1.26 bits per heavy atom. The summed E-state index contributed by atoms with van der Waals surface area (Å²) in [5.41, 5.74) is 0.901. The predicted molar refractivity (Wildman–Crippen MR) is 78.3 cm³/mol. The fourth-order valence-electron chi connectivity index (χ4n) is 1.87. The molecule has 0 unspecified atom stereocenters. The molecule has 1 N–H and O–H groups in total. The van der Waals surface area contributed by atoms with Gasteiger partial charge in [0.05, 0.1) is 6.54 Å². The molecule has 0 radical (unpaired) electrons. The quantitative estimate of drug-likeness (QED) is 0.816. The van der Waals surface area contributed by atoms with Gasteiger partial charge in [0.15, 0.2) is 0 Å². The number of para-hydroxylation sites is 1. The first-order valence-electron chi connectivity index (χ1n) is 6.72. The second-order valence-corrected chi connectivity index (χ2v) is 4.93. The Morgan fingerprint density at radius 3 is 2.42 bits per heavy atom. The van der Waals surface area contributed by atoms with Crippen molar-refractivity contribution >= 4 is 11.6 Å². The summed E-state index contributed by atoms with van der Waals surface area (Å²) in [5.74, 6) is 0.0674. The minimum atomic E-state index is 0.0674. The number of amides is 1. The summed E-state index contributed by atoms with van der Waals surface area (Å²) in [4.78, 5) is 16.0. The van der Waals surface area contributed by atoms with Gasteiger partial charge < -0.3 is 10.0 Å². The number of rotatable bonds is 7. The molecular weight excluding hydrogens is 240 g/mol. The minimum absolute atomic E-state index is 0.0674. The standard InChI is InChI=1S/C15H24N2O2/c1-13(2)17(10-7-11-18)12-15(19)16(3)14-8-5-4-6-9-14/h4-6,8-9,13,18H,7,10-12H2,1-3H3. The van der Waals surface area contributed by atoms with Crippen LogP contribution in [0.5, 0.6) is 0 Å². The lowest BCUT2D eigenvalue weighted by Crippen LogP contribution is -2.42. The molecule has 0 saturated heterocycles. The molecule has 0 saturated carbocycles. The summed E-state index contributed by atoms with van der Waals surface area (Å²) in [6.07, 6.45) is 0.695. The summed E-state index contributed by atoms with van der Waals surface area (Å²) in [7, 11) is 1.79. The summed E-state index contributed by atoms with van der Waals surface area (Å²) >= 11 is 0. The molecule has 106 valence electrons. The molecule has 0 bridgehead atoms. The van der Waals surface area contributed by atoms with Crippen molar-refractivity contribution < 1.29 is 9.90 Å². The van der Waals surface area contributed by atoms with Crippen molar-refractivity contribution in [1.82, 2.24) is 4.90 Å². The van der Waals surface area contributed by atoms with Gasteiger partial charge in [-0.15, -0.1) is 0 Å². The van der Waals surface area contributed by atoms with E-state index in [4.69, 9.17) is 5.11 Å². The highest BCUT2D eigenvalue weighted by Gasteiger charge is 2.17. The predicted octanol–water partition coefficient (Wildman–Crippen LogP) is 1.74. The molecule has 0 aromatic heterocycles. The highest BCUT2D eigenvalue weighted by Crippen LogP contribution is 2.12. The van der Waals surface area contributed by atoms with Gasteiger partial charge in [-0.05, 0) is 32.4 Å². The first-order valence-corrected chi connectivity index (χ1v) is 6.72. The van der Waals surface area contributed by atoms with E-state index in [1.165, 1.54) is 0 Å². The van der Waals surface area contributed by atoms with Crippen LogP contribution in [0.3, 0.4) is 0 Å². The Balaban J connectivity index is 2.61. The zero-order valence-corrected chi connectivity index (χ0v) is 12.0. The Bertz CT molecular complexity index is 379. The third-order valence-corrected chi connectivity index (χ3v) is 3.19. The molecule has 0 aliphatic heterocycles. The summed E-state index contributed by atoms with van der Waals surface area (Å²) in [6.45, 7) is 5.40. The van der Waals surface area contributed by atoms with Crippen LogP contribution >= 0.6 is 0 Å². The Kier molecular flexibility index (Phi) is 6.53. The summed E-state index contributed by atoms with van der Waals surface area (Å²) < 4.78 is 0. The zero-order chi connectivity index (χ0) is 14.3. The van der Waals surface area contributed by atoms with Gasteiger partial charge in [-0.1, -0.05) is 18.2 Å². The lowest BCUT2D eigenvalue weighted by molar-refractivity contribution is -0.119. The SMILES string of the molecule is CC(C)N(CCCO)CC(=O)N(C)c1ccccc1. The molecule has 0 spiro atoms. The van der Waals surface area contributed by atoms with Crippen LogP contribution in [-0.4, -0.2) is 48.7 Å². The topological polar surface area (TPSA) is 43.8 Å². The fraction of sp³-hybridized carbons (Fsp3) is 0.533. The van der Waals surface area contributed by atoms with Crippen molar-refractivity contribution in [3.8, 4) is 0 Å². The lowest BCUT2D eigenvalue weighted by atomic mass is 10.2.